The van der Waals surface area contributed by atoms with Gasteiger partial charge in [0.05, 0.1) is 22.6 Å². The number of carbonyl (C=O) groups excluding carboxylic acids is 1. The van der Waals surface area contributed by atoms with Crippen molar-refractivity contribution in [2.45, 2.75) is 32.1 Å². The summed E-state index contributed by atoms with van der Waals surface area (Å²) < 4.78 is 1.89. The Morgan fingerprint density at radius 1 is 1.25 bits per heavy atom. The van der Waals surface area contributed by atoms with Gasteiger partial charge in [0, 0.05) is 31.1 Å². The molecule has 0 unspecified atom stereocenters. The van der Waals surface area contributed by atoms with Crippen molar-refractivity contribution < 1.29 is 4.79 Å². The van der Waals surface area contributed by atoms with Crippen LogP contribution in [0.5, 0.6) is 0 Å². The van der Waals surface area contributed by atoms with Gasteiger partial charge in [-0.05, 0) is 31.5 Å². The van der Waals surface area contributed by atoms with Crippen molar-refractivity contribution >= 4 is 58.4 Å². The lowest BCUT2D eigenvalue weighted by Gasteiger charge is -2.19. The molecule has 0 fully saturated rings. The van der Waals surface area contributed by atoms with E-state index in [0.29, 0.717) is 22.9 Å². The zero-order valence-corrected chi connectivity index (χ0v) is 23.0. The van der Waals surface area contributed by atoms with Gasteiger partial charge in [0.1, 0.15) is 5.69 Å². The van der Waals surface area contributed by atoms with Crippen LogP contribution in [-0.4, -0.2) is 57.4 Å². The number of fused-ring (bicyclic) bond motifs is 3. The molecular weight excluding hydrogens is 529 g/mol. The first-order valence-corrected chi connectivity index (χ1v) is 12.0. The maximum atomic E-state index is 10.2. The fourth-order valence-electron chi connectivity index (χ4n) is 3.40. The minimum absolute atomic E-state index is 0.0904. The van der Waals surface area contributed by atoms with Crippen LogP contribution in [0.4, 0.5) is 5.69 Å². The molecule has 3 aromatic rings. The number of hydrogen-bond acceptors (Lipinski definition) is 9. The summed E-state index contributed by atoms with van der Waals surface area (Å²) in [5.74, 6) is 9.98. The number of nitrogens with one attached hydrogen (secondary N) is 2. The van der Waals surface area contributed by atoms with E-state index in [0.717, 1.165) is 23.6 Å². The molecule has 3 heterocycles. The highest BCUT2D eigenvalue weighted by atomic mass is 35.5. The first-order chi connectivity index (χ1) is 17.0. The number of amidine groups is 1. The number of carbonyl (C=O) groups is 1. The number of amides is 1. The molecule has 198 valence electrons. The fourth-order valence-corrected chi connectivity index (χ4v) is 3.84. The van der Waals surface area contributed by atoms with E-state index in [9.17, 15) is 4.79 Å². The molecule has 1 aliphatic carbocycles. The second-order valence-corrected chi connectivity index (χ2v) is 8.71. The summed E-state index contributed by atoms with van der Waals surface area (Å²) in [5, 5.41) is 12.3. The highest BCUT2D eigenvalue weighted by Gasteiger charge is 2.33. The topological polar surface area (TPSA) is 178 Å². The number of hydrogen-bond donors (Lipinski definition) is 5. The van der Waals surface area contributed by atoms with Crippen molar-refractivity contribution in [3.63, 3.8) is 0 Å². The number of halogens is 3. The second kappa shape index (κ2) is 14.7. The predicted molar refractivity (Wildman–Crippen MR) is 146 cm³/mol. The second-order valence-electron chi connectivity index (χ2n) is 7.92. The van der Waals surface area contributed by atoms with Crippen molar-refractivity contribution in [3.8, 4) is 0 Å². The van der Waals surface area contributed by atoms with Gasteiger partial charge in [-0.3, -0.25) is 16.1 Å². The maximum Gasteiger partial charge on any atom is 0.211 e. The number of aromatic nitrogens is 4. The van der Waals surface area contributed by atoms with Crippen LogP contribution in [0.3, 0.4) is 0 Å². The summed E-state index contributed by atoms with van der Waals surface area (Å²) in [5.41, 5.74) is 12.2. The number of rotatable bonds is 4. The summed E-state index contributed by atoms with van der Waals surface area (Å²) in [6.07, 6.45) is 7.60. The predicted octanol–water partition coefficient (Wildman–Crippen LogP) is 2.27. The molecule has 36 heavy (non-hydrogen) atoms. The summed E-state index contributed by atoms with van der Waals surface area (Å²) in [6, 6.07) is 3.31. The number of alkyl halides is 1. The number of hydrazone groups is 1. The van der Waals surface area contributed by atoms with Gasteiger partial charge < -0.3 is 11.1 Å². The van der Waals surface area contributed by atoms with E-state index >= 15 is 0 Å². The van der Waals surface area contributed by atoms with E-state index < -0.39 is 0 Å². The zero-order chi connectivity index (χ0) is 27.5. The van der Waals surface area contributed by atoms with Gasteiger partial charge in [0.25, 0.3) is 0 Å². The highest BCUT2D eigenvalue weighted by Crippen LogP contribution is 2.37. The Balaban J connectivity index is 0.000000306. The number of hydrazine groups is 2. The van der Waals surface area contributed by atoms with Crippen LogP contribution in [0.1, 0.15) is 37.2 Å². The Labute approximate surface area is 225 Å². The third kappa shape index (κ3) is 8.43. The Kier molecular flexibility index (Phi) is 12.8. The molecule has 0 saturated carbocycles. The SMILES string of the molecule is CC1(C)CCc2cnc3cc(Cl)nn3c21.CCl.CN(N)/N=C(\N)c1ncc(NC=O)cc1Cl.CNN. The third-order valence-corrected chi connectivity index (χ3v) is 5.24. The molecule has 0 spiro atoms. The highest BCUT2D eigenvalue weighted by molar-refractivity contribution is 6.34. The molecule has 0 aliphatic heterocycles. The third-order valence-electron chi connectivity index (χ3n) is 4.76. The Bertz CT molecular complexity index is 1170. The summed E-state index contributed by atoms with van der Waals surface area (Å²) in [7, 11) is 3.17. The summed E-state index contributed by atoms with van der Waals surface area (Å²) in [4.78, 5) is 18.5. The number of anilines is 1. The maximum absolute atomic E-state index is 10.2. The van der Waals surface area contributed by atoms with E-state index in [4.69, 9.17) is 34.8 Å². The quantitative estimate of drug-likeness (QED) is 0.0799. The van der Waals surface area contributed by atoms with Gasteiger partial charge >= 0.3 is 0 Å². The van der Waals surface area contributed by atoms with Crippen molar-refractivity contribution in [3.05, 3.63) is 51.7 Å². The number of pyridine rings is 1. The fraction of sp³-hybridized carbons (Fsp3) is 0.381. The van der Waals surface area contributed by atoms with Crippen LogP contribution in [0, 0.1) is 0 Å². The number of nitrogens with zero attached hydrogens (tertiary/aromatic N) is 6. The Morgan fingerprint density at radius 2 is 1.89 bits per heavy atom. The van der Waals surface area contributed by atoms with Crippen molar-refractivity contribution in [2.75, 3.05) is 25.8 Å². The van der Waals surface area contributed by atoms with Gasteiger partial charge in [0.2, 0.25) is 6.41 Å². The van der Waals surface area contributed by atoms with Crippen LogP contribution in [0.2, 0.25) is 10.2 Å². The molecule has 15 heteroatoms. The monoisotopic (exact) mass is 559 g/mol. The molecule has 0 atom stereocenters. The zero-order valence-electron chi connectivity index (χ0n) is 20.8. The standard InChI is InChI=1S/C11H12ClN3.C8H11ClN6O.CH3Cl.CH6N2/c1-11(2)4-3-7-6-13-9-5-8(12)14-15(9)10(7)11;1-15(11)14-8(10)7-6(9)2-5(3-12-7)13-4-16;1-2;1-3-2/h5-6H,3-4H2,1-2H3;2-4H,11H2,1H3,(H2,10,14)(H,13,16);1H3;3H,2H2,1H3. The molecule has 1 aliphatic rings. The largest absolute Gasteiger partial charge is 0.380 e. The van der Waals surface area contributed by atoms with Gasteiger partial charge in [0.15, 0.2) is 16.6 Å². The lowest BCUT2D eigenvalue weighted by Crippen LogP contribution is -2.26. The van der Waals surface area contributed by atoms with Crippen LogP contribution >= 0.6 is 34.8 Å². The van der Waals surface area contributed by atoms with E-state index in [1.807, 2.05) is 10.7 Å². The van der Waals surface area contributed by atoms with Crippen LogP contribution in [-0.2, 0) is 16.6 Å². The van der Waals surface area contributed by atoms with Crippen molar-refractivity contribution in [1.82, 2.24) is 30.1 Å². The average Bonchev–Trinajstić information content (AvgIpc) is 3.34. The minimum atomic E-state index is 0.0904. The number of nitrogens with two attached hydrogens (primary N) is 3. The van der Waals surface area contributed by atoms with Crippen LogP contribution < -0.4 is 28.2 Å². The average molecular weight is 561 g/mol. The van der Waals surface area contributed by atoms with Crippen LogP contribution in [0.25, 0.3) is 5.65 Å². The summed E-state index contributed by atoms with van der Waals surface area (Å²) in [6.45, 7) is 4.49. The van der Waals surface area contributed by atoms with Crippen LogP contribution in [0.15, 0.2) is 29.6 Å². The lowest BCUT2D eigenvalue weighted by molar-refractivity contribution is -0.105. The molecule has 8 N–H and O–H groups in total. The molecule has 12 nitrogen and oxygen atoms in total. The molecule has 0 aromatic carbocycles. The van der Waals surface area contributed by atoms with Gasteiger partial charge in [-0.25, -0.2) is 25.4 Å². The molecule has 1 amide bonds. The molecule has 0 saturated heterocycles. The van der Waals surface area contributed by atoms with Gasteiger partial charge in [-0.1, -0.05) is 37.0 Å². The van der Waals surface area contributed by atoms with E-state index in [1.54, 1.807) is 13.1 Å². The first-order valence-electron chi connectivity index (χ1n) is 10.5. The Morgan fingerprint density at radius 3 is 2.44 bits per heavy atom. The molecular formula is C21H32Cl3N11O. The van der Waals surface area contributed by atoms with E-state index in [-0.39, 0.29) is 16.3 Å². The molecule has 0 bridgehead atoms. The van der Waals surface area contributed by atoms with Crippen molar-refractivity contribution in [2.24, 2.45) is 22.5 Å². The minimum Gasteiger partial charge on any atom is -0.380 e. The van der Waals surface area contributed by atoms with E-state index in [1.165, 1.54) is 37.0 Å². The van der Waals surface area contributed by atoms with Gasteiger partial charge in [-0.15, -0.1) is 16.7 Å². The summed E-state index contributed by atoms with van der Waals surface area (Å²) >= 11 is 16.4. The first kappa shape index (κ1) is 31.3. The van der Waals surface area contributed by atoms with Gasteiger partial charge in [-0.2, -0.15) is 5.10 Å². The number of aryl methyl sites for hydroxylation is 1. The Hall–Kier alpha value is -2.74. The normalized spacial score (nSPS) is 13.2. The molecule has 3 aromatic heterocycles. The molecule has 4 rings (SSSR count). The van der Waals surface area contributed by atoms with Crippen molar-refractivity contribution in [1.29, 1.82) is 0 Å². The van der Waals surface area contributed by atoms with E-state index in [2.05, 4.69) is 62.2 Å². The molecule has 0 radical (unpaired) electrons. The lowest BCUT2D eigenvalue weighted by atomic mass is 9.91. The smallest absolute Gasteiger partial charge is 0.211 e.